The van der Waals surface area contributed by atoms with Crippen molar-refractivity contribution in [3.05, 3.63) is 24.6 Å². The monoisotopic (exact) mass is 728 g/mol. The molecule has 5 N–H and O–H groups in total. The maximum absolute atomic E-state index is 14.1. The molecule has 1 aliphatic carbocycles. The number of Topliss-reactive ketones (excluding diaryl/α,β-unsaturated/α-hetero) is 2. The minimum atomic E-state index is -1.10. The van der Waals surface area contributed by atoms with Crippen molar-refractivity contribution < 1.29 is 28.8 Å². The van der Waals surface area contributed by atoms with Crippen molar-refractivity contribution >= 4 is 52.1 Å². The highest BCUT2D eigenvalue weighted by atomic mass is 32.2. The van der Waals surface area contributed by atoms with Crippen molar-refractivity contribution in [2.75, 3.05) is 13.1 Å². The van der Waals surface area contributed by atoms with Gasteiger partial charge in [0.1, 0.15) is 17.1 Å². The van der Waals surface area contributed by atoms with Crippen LogP contribution in [0.2, 0.25) is 0 Å². The van der Waals surface area contributed by atoms with Gasteiger partial charge < -0.3 is 26.2 Å². The normalized spacial score (nSPS) is 17.6. The minimum Gasteiger partial charge on any atom is -0.346 e. The molecule has 0 aromatic carbocycles. The SMILES string of the molecule is C#CCCCCC(NC(=O)C1CCCN1C(=O)C(NC(=O)NC(C(=O)C(=N)SC=C)C1CCCCC1)C(C)(C)C)C(=O)C(=O)NCC=C.CCC. The number of unbranched alkanes of at least 4 members (excludes halogenated alkanes) is 2. The summed E-state index contributed by atoms with van der Waals surface area (Å²) in [5.74, 6) is -0.795. The average molecular weight is 729 g/mol. The maximum Gasteiger partial charge on any atom is 0.316 e. The predicted octanol–water partition coefficient (Wildman–Crippen LogP) is 5.03. The number of rotatable bonds is 17. The van der Waals surface area contributed by atoms with Crippen LogP contribution in [0.15, 0.2) is 24.6 Å². The van der Waals surface area contributed by atoms with E-state index in [1.165, 1.54) is 22.8 Å². The summed E-state index contributed by atoms with van der Waals surface area (Å²) in [5, 5.41) is 20.0. The van der Waals surface area contributed by atoms with E-state index in [9.17, 15) is 28.8 Å². The van der Waals surface area contributed by atoms with Crippen LogP contribution in [0, 0.1) is 29.1 Å². The molecule has 4 unspecified atom stereocenters. The van der Waals surface area contributed by atoms with E-state index in [4.69, 9.17) is 11.8 Å². The lowest BCUT2D eigenvalue weighted by Crippen LogP contribution is -2.61. The van der Waals surface area contributed by atoms with Crippen LogP contribution < -0.4 is 21.3 Å². The van der Waals surface area contributed by atoms with E-state index in [1.54, 1.807) is 20.8 Å². The highest BCUT2D eigenvalue weighted by molar-refractivity contribution is 8.18. The summed E-state index contributed by atoms with van der Waals surface area (Å²) in [7, 11) is 0. The third-order valence-corrected chi connectivity index (χ3v) is 9.27. The molecule has 13 heteroatoms. The molecule has 0 radical (unpaired) electrons. The smallest absolute Gasteiger partial charge is 0.316 e. The van der Waals surface area contributed by atoms with Crippen LogP contribution in [-0.4, -0.2) is 82.5 Å². The fourth-order valence-corrected chi connectivity index (χ4v) is 6.51. The Morgan fingerprint density at radius 3 is 2.18 bits per heavy atom. The Kier molecular flexibility index (Phi) is 20.8. The van der Waals surface area contributed by atoms with Gasteiger partial charge in [-0.2, -0.15) is 0 Å². The van der Waals surface area contributed by atoms with Gasteiger partial charge in [-0.05, 0) is 61.7 Å². The second kappa shape index (κ2) is 23.5. The zero-order valence-electron chi connectivity index (χ0n) is 31.2. The third-order valence-electron chi connectivity index (χ3n) is 8.67. The number of terminal acetylenes is 1. The molecule has 51 heavy (non-hydrogen) atoms. The molecule has 0 aromatic rings. The number of hydrogen-bond acceptors (Lipinski definition) is 8. The van der Waals surface area contributed by atoms with E-state index in [2.05, 4.69) is 54.2 Å². The van der Waals surface area contributed by atoms with Crippen LogP contribution in [0.4, 0.5) is 4.79 Å². The first-order chi connectivity index (χ1) is 24.2. The molecular weight excluding hydrogens is 669 g/mol. The summed E-state index contributed by atoms with van der Waals surface area (Å²) in [6, 6.07) is -4.73. The molecule has 284 valence electrons. The topological polar surface area (TPSA) is 178 Å². The number of nitrogens with one attached hydrogen (secondary N) is 5. The molecule has 2 aliphatic rings. The molecule has 5 amide bonds. The Morgan fingerprint density at radius 2 is 1.61 bits per heavy atom. The average Bonchev–Trinajstić information content (AvgIpc) is 3.60. The Labute approximate surface area is 309 Å². The van der Waals surface area contributed by atoms with Gasteiger partial charge in [-0.3, -0.25) is 29.4 Å². The van der Waals surface area contributed by atoms with Crippen molar-refractivity contribution in [2.24, 2.45) is 11.3 Å². The second-order valence-corrected chi connectivity index (χ2v) is 15.0. The van der Waals surface area contributed by atoms with Crippen LogP contribution in [0.5, 0.6) is 0 Å². The molecule has 1 saturated carbocycles. The highest BCUT2D eigenvalue weighted by Gasteiger charge is 2.43. The fourth-order valence-electron chi connectivity index (χ4n) is 6.10. The lowest BCUT2D eigenvalue weighted by Gasteiger charge is -2.36. The Bertz CT molecular complexity index is 1280. The maximum atomic E-state index is 14.1. The van der Waals surface area contributed by atoms with Gasteiger partial charge in [0.25, 0.3) is 5.91 Å². The van der Waals surface area contributed by atoms with Crippen molar-refractivity contribution in [2.45, 2.75) is 136 Å². The molecule has 4 atom stereocenters. The molecule has 2 fully saturated rings. The summed E-state index contributed by atoms with van der Waals surface area (Å²) in [4.78, 5) is 81.2. The van der Waals surface area contributed by atoms with Gasteiger partial charge in [-0.1, -0.05) is 84.7 Å². The van der Waals surface area contributed by atoms with Gasteiger partial charge in [-0.15, -0.1) is 18.9 Å². The molecule has 0 aromatic heterocycles. The first-order valence-electron chi connectivity index (χ1n) is 18.1. The summed E-state index contributed by atoms with van der Waals surface area (Å²) in [6.07, 6.45) is 15.0. The van der Waals surface area contributed by atoms with Crippen molar-refractivity contribution in [3.8, 4) is 12.3 Å². The zero-order valence-corrected chi connectivity index (χ0v) is 32.1. The Balaban J connectivity index is 0.00000418. The highest BCUT2D eigenvalue weighted by Crippen LogP contribution is 2.29. The first-order valence-corrected chi connectivity index (χ1v) is 19.0. The summed E-state index contributed by atoms with van der Waals surface area (Å²) in [5.41, 5.74) is -0.785. The number of urea groups is 1. The van der Waals surface area contributed by atoms with Crippen LogP contribution in [0.3, 0.4) is 0 Å². The number of carbonyl (C=O) groups is 6. The van der Waals surface area contributed by atoms with E-state index in [-0.39, 0.29) is 30.5 Å². The first kappa shape index (κ1) is 45.1. The largest absolute Gasteiger partial charge is 0.346 e. The number of thioether (sulfide) groups is 1. The van der Waals surface area contributed by atoms with E-state index in [1.807, 2.05) is 0 Å². The Morgan fingerprint density at radius 1 is 0.961 bits per heavy atom. The van der Waals surface area contributed by atoms with E-state index < -0.39 is 64.9 Å². The lowest BCUT2D eigenvalue weighted by molar-refractivity contribution is -0.143. The molecular formula is C38H60N6O6S. The number of hydrogen-bond donors (Lipinski definition) is 5. The number of carbonyl (C=O) groups excluding carboxylic acids is 6. The van der Waals surface area contributed by atoms with E-state index in [0.29, 0.717) is 32.1 Å². The van der Waals surface area contributed by atoms with Gasteiger partial charge in [0.05, 0.1) is 12.1 Å². The van der Waals surface area contributed by atoms with Gasteiger partial charge in [0.2, 0.25) is 23.4 Å². The van der Waals surface area contributed by atoms with Gasteiger partial charge in [-0.25, -0.2) is 4.79 Å². The summed E-state index contributed by atoms with van der Waals surface area (Å²) in [6.45, 7) is 17.1. The van der Waals surface area contributed by atoms with Crippen LogP contribution in [-0.2, 0) is 24.0 Å². The van der Waals surface area contributed by atoms with Crippen molar-refractivity contribution in [1.82, 2.24) is 26.2 Å². The standard InChI is InChI=1S/C35H52N6O6S.C3H8/c1-7-10-11-15-19-24(27(42)32(45)37-21-8-2)38-31(44)25-20-16-22-41(25)33(46)29(35(4,5)6)40-34(47)39-26(23-17-13-12-14-18-23)28(43)30(36)48-9-3;1-3-2/h1,8-9,23-26,29,36H,2-3,10-22H2,4-6H3,(H,37,45)(H,38,44)(H2,39,40,47);3H2,1-2H3. The van der Waals surface area contributed by atoms with Gasteiger partial charge in [0, 0.05) is 19.5 Å². The van der Waals surface area contributed by atoms with E-state index >= 15 is 0 Å². The molecule has 2 rings (SSSR count). The molecule has 1 saturated heterocycles. The number of amides is 5. The van der Waals surface area contributed by atoms with Crippen LogP contribution >= 0.6 is 11.8 Å². The number of ketones is 2. The third kappa shape index (κ3) is 15.1. The van der Waals surface area contributed by atoms with Gasteiger partial charge in [0.15, 0.2) is 0 Å². The van der Waals surface area contributed by atoms with Gasteiger partial charge >= 0.3 is 6.03 Å². The quantitative estimate of drug-likeness (QED) is 0.0348. The molecule has 0 spiro atoms. The Hall–Kier alpha value is -3.92. The number of likely N-dealkylation sites (tertiary alicyclic amines) is 1. The molecule has 0 bridgehead atoms. The van der Waals surface area contributed by atoms with Crippen molar-refractivity contribution in [3.63, 3.8) is 0 Å². The van der Waals surface area contributed by atoms with Crippen LogP contribution in [0.25, 0.3) is 0 Å². The molecule has 12 nitrogen and oxygen atoms in total. The van der Waals surface area contributed by atoms with E-state index in [0.717, 1.165) is 43.9 Å². The lowest BCUT2D eigenvalue weighted by atomic mass is 9.82. The molecule has 1 aliphatic heterocycles. The molecule has 1 heterocycles. The minimum absolute atomic E-state index is 0.0912. The van der Waals surface area contributed by atoms with Crippen molar-refractivity contribution in [1.29, 1.82) is 5.41 Å². The van der Waals surface area contributed by atoms with Crippen LogP contribution in [0.1, 0.15) is 112 Å². The number of nitrogens with zero attached hydrogens (tertiary/aromatic N) is 1. The zero-order chi connectivity index (χ0) is 38.6. The predicted molar refractivity (Wildman–Crippen MR) is 204 cm³/mol. The summed E-state index contributed by atoms with van der Waals surface area (Å²) < 4.78 is 0. The fraction of sp³-hybridized carbons (Fsp3) is 0.658. The second-order valence-electron chi connectivity index (χ2n) is 14.0. The summed E-state index contributed by atoms with van der Waals surface area (Å²) >= 11 is 0.891.